The van der Waals surface area contributed by atoms with Crippen LogP contribution in [0.5, 0.6) is 5.75 Å². The van der Waals surface area contributed by atoms with E-state index < -0.39 is 0 Å². The Kier molecular flexibility index (Phi) is 5.74. The number of ether oxygens (including phenoxy) is 1. The maximum absolute atomic E-state index is 13.1. The highest BCUT2D eigenvalue weighted by Crippen LogP contribution is 2.13. The summed E-state index contributed by atoms with van der Waals surface area (Å²) in [6.45, 7) is 2.05. The molecule has 0 saturated carbocycles. The molecule has 0 radical (unpaired) electrons. The summed E-state index contributed by atoms with van der Waals surface area (Å²) in [5, 5.41) is 18.7. The zero-order valence-electron chi connectivity index (χ0n) is 15.5. The van der Waals surface area contributed by atoms with Gasteiger partial charge in [0.2, 0.25) is 0 Å². The summed E-state index contributed by atoms with van der Waals surface area (Å²) in [6.07, 6.45) is 2.62. The lowest BCUT2D eigenvalue weighted by molar-refractivity contribution is 0.414. The molecule has 28 heavy (non-hydrogen) atoms. The molecule has 0 N–H and O–H groups in total. The lowest BCUT2D eigenvalue weighted by Gasteiger charge is -2.03. The van der Waals surface area contributed by atoms with Crippen LogP contribution >= 0.6 is 11.3 Å². The van der Waals surface area contributed by atoms with Crippen LogP contribution in [0, 0.1) is 22.7 Å². The largest absolute Gasteiger partial charge is 0.497 e. The van der Waals surface area contributed by atoms with E-state index in [9.17, 15) is 15.3 Å². The first kappa shape index (κ1) is 19.2. The first-order chi connectivity index (χ1) is 13.6. The minimum Gasteiger partial charge on any atom is -0.497 e. The SMILES string of the molecule is CCc1ccc(-n2c(=C(C#N)C#N)sc(=Cc3cccc(OC)c3)c2=O)cc1. The van der Waals surface area contributed by atoms with Crippen LogP contribution in [-0.4, -0.2) is 11.7 Å². The summed E-state index contributed by atoms with van der Waals surface area (Å²) in [4.78, 5) is 13.1. The van der Waals surface area contributed by atoms with Gasteiger partial charge in [-0.25, -0.2) is 0 Å². The van der Waals surface area contributed by atoms with Crippen LogP contribution in [0.15, 0.2) is 53.3 Å². The van der Waals surface area contributed by atoms with Gasteiger partial charge in [0.15, 0.2) is 5.57 Å². The molecule has 0 aliphatic carbocycles. The Morgan fingerprint density at radius 3 is 2.50 bits per heavy atom. The second-order valence-electron chi connectivity index (χ2n) is 5.95. The second-order valence-corrected chi connectivity index (χ2v) is 6.98. The van der Waals surface area contributed by atoms with Crippen molar-refractivity contribution in [2.75, 3.05) is 7.11 Å². The lowest BCUT2D eigenvalue weighted by atomic mass is 10.1. The van der Waals surface area contributed by atoms with Crippen molar-refractivity contribution in [2.24, 2.45) is 0 Å². The number of hydrogen-bond donors (Lipinski definition) is 0. The van der Waals surface area contributed by atoms with Crippen LogP contribution in [0.2, 0.25) is 0 Å². The Balaban J connectivity index is 2.32. The maximum Gasteiger partial charge on any atom is 0.273 e. The molecular weight excluding hydrogens is 370 g/mol. The van der Waals surface area contributed by atoms with Gasteiger partial charge >= 0.3 is 0 Å². The lowest BCUT2D eigenvalue weighted by Crippen LogP contribution is -2.30. The number of nitriles is 2. The maximum atomic E-state index is 13.1. The predicted molar refractivity (Wildman–Crippen MR) is 110 cm³/mol. The van der Waals surface area contributed by atoms with E-state index in [-0.39, 0.29) is 11.1 Å². The van der Waals surface area contributed by atoms with Crippen molar-refractivity contribution in [3.8, 4) is 23.6 Å². The van der Waals surface area contributed by atoms with Gasteiger partial charge in [0.1, 0.15) is 22.6 Å². The third-order valence-electron chi connectivity index (χ3n) is 4.26. The molecule has 0 atom stereocenters. The molecule has 2 aromatic carbocycles. The van der Waals surface area contributed by atoms with E-state index >= 15 is 0 Å². The highest BCUT2D eigenvalue weighted by atomic mass is 32.1. The molecular formula is C22H17N3O2S. The van der Waals surface area contributed by atoms with Gasteiger partial charge < -0.3 is 4.74 Å². The van der Waals surface area contributed by atoms with Crippen LogP contribution in [0.4, 0.5) is 0 Å². The van der Waals surface area contributed by atoms with Gasteiger partial charge in [-0.3, -0.25) is 9.36 Å². The van der Waals surface area contributed by atoms with Gasteiger partial charge in [-0.05, 0) is 47.9 Å². The molecule has 5 nitrogen and oxygen atoms in total. The topological polar surface area (TPSA) is 78.8 Å². The van der Waals surface area contributed by atoms with Crippen molar-refractivity contribution in [3.05, 3.63) is 79.2 Å². The molecule has 0 amide bonds. The minimum absolute atomic E-state index is 0.0908. The van der Waals surface area contributed by atoms with E-state index in [1.807, 2.05) is 60.7 Å². The summed E-state index contributed by atoms with van der Waals surface area (Å²) in [6, 6.07) is 18.7. The summed E-state index contributed by atoms with van der Waals surface area (Å²) < 4.78 is 7.42. The molecule has 0 aliphatic rings. The van der Waals surface area contributed by atoms with Crippen molar-refractivity contribution >= 4 is 23.0 Å². The van der Waals surface area contributed by atoms with E-state index in [0.717, 1.165) is 28.9 Å². The molecule has 3 aromatic rings. The van der Waals surface area contributed by atoms with Gasteiger partial charge in [0.25, 0.3) is 5.56 Å². The highest BCUT2D eigenvalue weighted by molar-refractivity contribution is 7.07. The van der Waals surface area contributed by atoms with Crippen molar-refractivity contribution in [3.63, 3.8) is 0 Å². The van der Waals surface area contributed by atoms with Crippen molar-refractivity contribution in [1.29, 1.82) is 10.5 Å². The molecule has 6 heteroatoms. The van der Waals surface area contributed by atoms with E-state index in [0.29, 0.717) is 20.6 Å². The molecule has 0 bridgehead atoms. The Morgan fingerprint density at radius 2 is 1.89 bits per heavy atom. The number of aryl methyl sites for hydroxylation is 1. The Hall–Kier alpha value is -3.61. The minimum atomic E-state index is -0.268. The number of methoxy groups -OCH3 is 1. The molecule has 0 saturated heterocycles. The predicted octanol–water partition coefficient (Wildman–Crippen LogP) is 2.50. The van der Waals surface area contributed by atoms with Crippen molar-refractivity contribution < 1.29 is 4.74 Å². The first-order valence-corrected chi connectivity index (χ1v) is 9.44. The fourth-order valence-electron chi connectivity index (χ4n) is 2.77. The normalized spacial score (nSPS) is 10.9. The van der Waals surface area contributed by atoms with E-state index in [1.54, 1.807) is 13.2 Å². The quantitative estimate of drug-likeness (QED) is 0.689. The van der Waals surface area contributed by atoms with Crippen LogP contribution in [-0.2, 0) is 6.42 Å². The number of rotatable bonds is 4. The smallest absolute Gasteiger partial charge is 0.273 e. The first-order valence-electron chi connectivity index (χ1n) is 8.62. The van der Waals surface area contributed by atoms with Gasteiger partial charge in [-0.15, -0.1) is 11.3 Å². The molecule has 0 unspecified atom stereocenters. The van der Waals surface area contributed by atoms with E-state index in [4.69, 9.17) is 4.74 Å². The van der Waals surface area contributed by atoms with Gasteiger partial charge in [-0.1, -0.05) is 31.2 Å². The molecule has 0 aliphatic heterocycles. The second kappa shape index (κ2) is 8.39. The van der Waals surface area contributed by atoms with E-state index in [1.165, 1.54) is 4.57 Å². The summed E-state index contributed by atoms with van der Waals surface area (Å²) in [5.41, 5.74) is 2.21. The summed E-state index contributed by atoms with van der Waals surface area (Å²) >= 11 is 1.13. The monoisotopic (exact) mass is 387 g/mol. The summed E-state index contributed by atoms with van der Waals surface area (Å²) in [7, 11) is 1.58. The van der Waals surface area contributed by atoms with Gasteiger partial charge in [0, 0.05) is 0 Å². The molecule has 3 rings (SSSR count). The van der Waals surface area contributed by atoms with Crippen LogP contribution < -0.4 is 19.5 Å². The number of nitrogens with zero attached hydrogens (tertiary/aromatic N) is 3. The number of benzene rings is 2. The standard InChI is InChI=1S/C22H17N3O2S/c1-3-15-7-9-18(10-8-15)25-21(26)20(28-22(25)17(13-23)14-24)12-16-5-4-6-19(11-16)27-2/h4-12H,3H2,1-2H3. The van der Waals surface area contributed by atoms with Crippen LogP contribution in [0.25, 0.3) is 17.3 Å². The molecule has 1 aromatic heterocycles. The third-order valence-corrected chi connectivity index (χ3v) is 5.35. The van der Waals surface area contributed by atoms with Crippen LogP contribution in [0.1, 0.15) is 18.1 Å². The molecule has 1 heterocycles. The van der Waals surface area contributed by atoms with E-state index in [2.05, 4.69) is 6.92 Å². The zero-order valence-corrected chi connectivity index (χ0v) is 16.3. The molecule has 0 fully saturated rings. The average Bonchev–Trinajstić information content (AvgIpc) is 3.05. The summed E-state index contributed by atoms with van der Waals surface area (Å²) in [5.74, 6) is 0.683. The van der Waals surface area contributed by atoms with Gasteiger partial charge in [-0.2, -0.15) is 10.5 Å². The Morgan fingerprint density at radius 1 is 1.18 bits per heavy atom. The number of thiazole rings is 1. The number of aromatic nitrogens is 1. The zero-order chi connectivity index (χ0) is 20.1. The Labute approximate surface area is 166 Å². The fraction of sp³-hybridized carbons (Fsp3) is 0.136. The number of hydrogen-bond acceptors (Lipinski definition) is 5. The average molecular weight is 387 g/mol. The van der Waals surface area contributed by atoms with Crippen molar-refractivity contribution in [1.82, 2.24) is 4.57 Å². The Bertz CT molecular complexity index is 1250. The highest BCUT2D eigenvalue weighted by Gasteiger charge is 2.11. The van der Waals surface area contributed by atoms with Gasteiger partial charge in [0.05, 0.1) is 17.3 Å². The van der Waals surface area contributed by atoms with Crippen molar-refractivity contribution in [2.45, 2.75) is 13.3 Å². The molecule has 0 spiro atoms. The molecule has 138 valence electrons. The third kappa shape index (κ3) is 3.73. The fourth-order valence-corrected chi connectivity index (χ4v) is 3.82. The van der Waals surface area contributed by atoms with Crippen LogP contribution in [0.3, 0.4) is 0 Å².